The van der Waals surface area contributed by atoms with Crippen molar-refractivity contribution in [3.63, 3.8) is 0 Å². The molecular formula is C18H18N2O3. The van der Waals surface area contributed by atoms with Gasteiger partial charge in [0.15, 0.2) is 0 Å². The van der Waals surface area contributed by atoms with Gasteiger partial charge >= 0.3 is 5.97 Å². The normalized spacial score (nSPS) is 11.5. The number of benzene rings is 1. The number of aryl methyl sites for hydroxylation is 2. The van der Waals surface area contributed by atoms with Crippen molar-refractivity contribution >= 4 is 5.97 Å². The van der Waals surface area contributed by atoms with E-state index >= 15 is 0 Å². The number of hydrogen-bond donors (Lipinski definition) is 1. The van der Waals surface area contributed by atoms with E-state index in [9.17, 15) is 14.9 Å². The molecule has 0 saturated carbocycles. The third kappa shape index (κ3) is 4.30. The van der Waals surface area contributed by atoms with Gasteiger partial charge in [0, 0.05) is 5.69 Å². The van der Waals surface area contributed by atoms with E-state index in [1.165, 1.54) is 0 Å². The highest BCUT2D eigenvalue weighted by Crippen LogP contribution is 2.11. The minimum absolute atomic E-state index is 0.00741. The second kappa shape index (κ2) is 7.41. The Hall–Kier alpha value is -2.87. The van der Waals surface area contributed by atoms with Crippen LogP contribution < -0.4 is 5.56 Å². The maximum atomic E-state index is 12.1. The molecule has 1 unspecified atom stereocenters. The number of carbonyl (C=O) groups excluding carboxylic acids is 1. The fraction of sp³-hybridized carbons (Fsp3) is 0.278. The number of rotatable bonds is 5. The van der Waals surface area contributed by atoms with Crippen molar-refractivity contribution < 1.29 is 9.53 Å². The topological polar surface area (TPSA) is 82.9 Å². The number of hydrogen-bond acceptors (Lipinski definition) is 4. The molecule has 5 heteroatoms. The predicted molar refractivity (Wildman–Crippen MR) is 86.1 cm³/mol. The molecule has 23 heavy (non-hydrogen) atoms. The average Bonchev–Trinajstić information content (AvgIpc) is 2.51. The number of nitriles is 1. The zero-order valence-electron chi connectivity index (χ0n) is 13.1. The number of pyridine rings is 1. The molecule has 0 amide bonds. The van der Waals surface area contributed by atoms with Crippen LogP contribution >= 0.6 is 0 Å². The van der Waals surface area contributed by atoms with E-state index in [0.29, 0.717) is 17.7 Å². The average molecular weight is 310 g/mol. The molecule has 118 valence electrons. The van der Waals surface area contributed by atoms with Crippen molar-refractivity contribution in [2.24, 2.45) is 5.92 Å². The number of nitrogens with one attached hydrogen (secondary N) is 1. The lowest BCUT2D eigenvalue weighted by atomic mass is 10.0. The molecule has 1 heterocycles. The Kier molecular flexibility index (Phi) is 5.32. The molecule has 0 spiro atoms. The molecule has 0 aliphatic rings. The van der Waals surface area contributed by atoms with Gasteiger partial charge in [-0.1, -0.05) is 30.3 Å². The van der Waals surface area contributed by atoms with Gasteiger partial charge in [-0.3, -0.25) is 4.79 Å². The summed E-state index contributed by atoms with van der Waals surface area (Å²) in [5.74, 6) is -1.15. The van der Waals surface area contributed by atoms with Crippen LogP contribution in [0.15, 0.2) is 41.2 Å². The summed E-state index contributed by atoms with van der Waals surface area (Å²) in [7, 11) is 0. The lowest BCUT2D eigenvalue weighted by Gasteiger charge is -2.11. The highest BCUT2D eigenvalue weighted by atomic mass is 16.5. The third-order valence-corrected chi connectivity index (χ3v) is 3.49. The minimum atomic E-state index is -0.697. The van der Waals surface area contributed by atoms with Crippen LogP contribution in [0.2, 0.25) is 0 Å². The summed E-state index contributed by atoms with van der Waals surface area (Å²) in [6.07, 6.45) is 0.494. The highest BCUT2D eigenvalue weighted by molar-refractivity contribution is 5.90. The van der Waals surface area contributed by atoms with E-state index < -0.39 is 17.4 Å². The van der Waals surface area contributed by atoms with E-state index in [-0.39, 0.29) is 12.2 Å². The number of H-pyrrole nitrogens is 1. The van der Waals surface area contributed by atoms with Crippen molar-refractivity contribution in [3.05, 3.63) is 69.1 Å². The van der Waals surface area contributed by atoms with Gasteiger partial charge in [0.25, 0.3) is 5.56 Å². The van der Waals surface area contributed by atoms with Gasteiger partial charge < -0.3 is 9.72 Å². The lowest BCUT2D eigenvalue weighted by Crippen LogP contribution is -2.24. The van der Waals surface area contributed by atoms with Crippen molar-refractivity contribution in [2.45, 2.75) is 20.3 Å². The first-order valence-electron chi connectivity index (χ1n) is 7.32. The van der Waals surface area contributed by atoms with Crippen molar-refractivity contribution in [2.75, 3.05) is 6.61 Å². The summed E-state index contributed by atoms with van der Waals surface area (Å²) < 4.78 is 5.17. The number of ether oxygens (including phenoxy) is 1. The van der Waals surface area contributed by atoms with Crippen LogP contribution in [-0.2, 0) is 11.2 Å². The molecule has 2 aromatic rings. The van der Waals surface area contributed by atoms with Crippen molar-refractivity contribution in [3.8, 4) is 6.07 Å². The fourth-order valence-corrected chi connectivity index (χ4v) is 2.40. The van der Waals surface area contributed by atoms with Crippen molar-refractivity contribution in [1.29, 1.82) is 5.26 Å². The SMILES string of the molecule is Cc1cc(C)c(C(=O)OCC(C#N)Cc2ccccc2)c(=O)[nH]1. The Balaban J connectivity index is 2.03. The molecule has 5 nitrogen and oxygen atoms in total. The molecule has 1 N–H and O–H groups in total. The molecule has 2 rings (SSSR count). The highest BCUT2D eigenvalue weighted by Gasteiger charge is 2.18. The van der Waals surface area contributed by atoms with E-state index in [1.807, 2.05) is 30.3 Å². The first-order chi connectivity index (χ1) is 11.0. The van der Waals surface area contributed by atoms with E-state index in [2.05, 4.69) is 11.1 Å². The Labute approximate surface area is 134 Å². The van der Waals surface area contributed by atoms with Gasteiger partial charge in [0.05, 0.1) is 12.0 Å². The molecule has 0 bridgehead atoms. The van der Waals surface area contributed by atoms with Gasteiger partial charge in [-0.25, -0.2) is 4.79 Å². The molecule has 0 saturated heterocycles. The molecule has 1 aromatic heterocycles. The Bertz CT molecular complexity index is 788. The van der Waals surface area contributed by atoms with E-state index in [0.717, 1.165) is 5.56 Å². The van der Waals surface area contributed by atoms with Crippen LogP contribution in [0, 0.1) is 31.1 Å². The summed E-state index contributed by atoms with van der Waals surface area (Å²) in [6, 6.07) is 13.4. The zero-order valence-corrected chi connectivity index (χ0v) is 13.1. The quantitative estimate of drug-likeness (QED) is 0.860. The molecule has 0 aliphatic carbocycles. The van der Waals surface area contributed by atoms with Gasteiger partial charge in [0.1, 0.15) is 12.2 Å². The van der Waals surface area contributed by atoms with Gasteiger partial charge in [-0.2, -0.15) is 5.26 Å². The van der Waals surface area contributed by atoms with E-state index in [4.69, 9.17) is 4.74 Å². The fourth-order valence-electron chi connectivity index (χ4n) is 2.40. The Morgan fingerprint density at radius 2 is 2.00 bits per heavy atom. The van der Waals surface area contributed by atoms with Gasteiger partial charge in [0.2, 0.25) is 0 Å². The summed E-state index contributed by atoms with van der Waals surface area (Å²) in [5, 5.41) is 9.21. The number of nitrogens with zero attached hydrogens (tertiary/aromatic N) is 1. The molecule has 1 atom stereocenters. The summed E-state index contributed by atoms with van der Waals surface area (Å²) in [5.41, 5.74) is 1.77. The largest absolute Gasteiger partial charge is 0.461 e. The second-order valence-corrected chi connectivity index (χ2v) is 5.45. The molecule has 1 aromatic carbocycles. The predicted octanol–water partition coefficient (Wildman–Crippen LogP) is 2.53. The first-order valence-corrected chi connectivity index (χ1v) is 7.32. The minimum Gasteiger partial charge on any atom is -0.461 e. The molecule has 0 fully saturated rings. The molecule has 0 radical (unpaired) electrons. The van der Waals surface area contributed by atoms with Crippen LogP contribution in [0.1, 0.15) is 27.2 Å². The van der Waals surface area contributed by atoms with Crippen LogP contribution in [0.5, 0.6) is 0 Å². The zero-order chi connectivity index (χ0) is 16.8. The number of carbonyl (C=O) groups is 1. The van der Waals surface area contributed by atoms with Gasteiger partial charge in [-0.15, -0.1) is 0 Å². The van der Waals surface area contributed by atoms with Gasteiger partial charge in [-0.05, 0) is 37.5 Å². The van der Waals surface area contributed by atoms with E-state index in [1.54, 1.807) is 19.9 Å². The monoisotopic (exact) mass is 310 g/mol. The summed E-state index contributed by atoms with van der Waals surface area (Å²) in [6.45, 7) is 3.39. The maximum absolute atomic E-state index is 12.1. The molecule has 0 aliphatic heterocycles. The molecular weight excluding hydrogens is 292 g/mol. The van der Waals surface area contributed by atoms with Crippen LogP contribution in [0.3, 0.4) is 0 Å². The number of aromatic nitrogens is 1. The van der Waals surface area contributed by atoms with Crippen molar-refractivity contribution in [1.82, 2.24) is 4.98 Å². The van der Waals surface area contributed by atoms with Crippen LogP contribution in [0.25, 0.3) is 0 Å². The standard InChI is InChI=1S/C18H18N2O3/c1-12-8-13(2)20-17(21)16(12)18(22)23-11-15(10-19)9-14-6-4-3-5-7-14/h3-8,15H,9,11H2,1-2H3,(H,20,21). The summed E-state index contributed by atoms with van der Waals surface area (Å²) in [4.78, 5) is 26.6. The smallest absolute Gasteiger partial charge is 0.344 e. The van der Waals surface area contributed by atoms with Crippen LogP contribution in [-0.4, -0.2) is 17.6 Å². The Morgan fingerprint density at radius 1 is 1.30 bits per heavy atom. The third-order valence-electron chi connectivity index (χ3n) is 3.49. The first kappa shape index (κ1) is 16.5. The van der Waals surface area contributed by atoms with Crippen LogP contribution in [0.4, 0.5) is 0 Å². The Morgan fingerprint density at radius 3 is 2.61 bits per heavy atom. The lowest BCUT2D eigenvalue weighted by molar-refractivity contribution is 0.0465. The maximum Gasteiger partial charge on any atom is 0.344 e. The number of esters is 1. The number of aromatic amines is 1. The second-order valence-electron chi connectivity index (χ2n) is 5.45. The summed E-state index contributed by atoms with van der Waals surface area (Å²) >= 11 is 0.